The number of fused-ring (bicyclic) bond motifs is 1. The molecule has 40 heavy (non-hydrogen) atoms. The lowest BCUT2D eigenvalue weighted by molar-refractivity contribution is -0.117. The highest BCUT2D eigenvalue weighted by Crippen LogP contribution is 2.27. The van der Waals surface area contributed by atoms with Crippen molar-refractivity contribution in [1.29, 1.82) is 0 Å². The number of hydrogen-bond acceptors (Lipinski definition) is 6. The molecule has 5 rings (SSSR count). The maximum Gasteiger partial charge on any atom is 0.251 e. The van der Waals surface area contributed by atoms with Crippen LogP contribution in [0.2, 0.25) is 0 Å². The minimum Gasteiger partial charge on any atom is -0.460 e. The normalized spacial score (nSPS) is 14.8. The van der Waals surface area contributed by atoms with E-state index in [0.29, 0.717) is 43.7 Å². The van der Waals surface area contributed by atoms with Crippen LogP contribution in [0.15, 0.2) is 83.3 Å². The number of nitrogens with one attached hydrogen (secondary N) is 3. The Labute approximate surface area is 234 Å². The third-order valence-corrected chi connectivity index (χ3v) is 7.15. The Balaban J connectivity index is 1.31. The molecule has 208 valence electrons. The number of para-hydroxylation sites is 1. The fourth-order valence-corrected chi connectivity index (χ4v) is 5.14. The molecule has 4 aromatic rings. The highest BCUT2D eigenvalue weighted by Gasteiger charge is 2.26. The molecule has 0 saturated carbocycles. The van der Waals surface area contributed by atoms with E-state index in [-0.39, 0.29) is 18.4 Å². The first-order valence-corrected chi connectivity index (χ1v) is 13.9. The number of anilines is 2. The Kier molecular flexibility index (Phi) is 8.78. The Morgan fingerprint density at radius 3 is 2.60 bits per heavy atom. The molecule has 0 unspecified atom stereocenters. The van der Waals surface area contributed by atoms with E-state index in [9.17, 15) is 14.7 Å². The molecule has 0 bridgehead atoms. The third kappa shape index (κ3) is 6.70. The average molecular weight is 541 g/mol. The van der Waals surface area contributed by atoms with E-state index in [1.165, 1.54) is 0 Å². The fraction of sp³-hybridized carbons (Fsp3) is 0.312. The van der Waals surface area contributed by atoms with Crippen LogP contribution in [0.1, 0.15) is 41.4 Å². The van der Waals surface area contributed by atoms with Crippen LogP contribution >= 0.6 is 0 Å². The van der Waals surface area contributed by atoms with Gasteiger partial charge in [0.1, 0.15) is 11.3 Å². The van der Waals surface area contributed by atoms with E-state index in [0.717, 1.165) is 34.4 Å². The lowest BCUT2D eigenvalue weighted by Crippen LogP contribution is -2.48. The molecular formula is C32H36N4O4. The quantitative estimate of drug-likeness (QED) is 0.211. The van der Waals surface area contributed by atoms with Crippen molar-refractivity contribution in [3.05, 3.63) is 95.7 Å². The Bertz CT molecular complexity index is 1420. The van der Waals surface area contributed by atoms with Gasteiger partial charge < -0.3 is 30.4 Å². The zero-order valence-electron chi connectivity index (χ0n) is 22.7. The second-order valence-electron chi connectivity index (χ2n) is 10.2. The van der Waals surface area contributed by atoms with Gasteiger partial charge in [0.2, 0.25) is 5.91 Å². The SMILES string of the molecule is CCNc1cc(C(=O)N[C@@H](Cc2ccccc2)[C@@H](O)CNCc2cc3ccccc3o2)cc(N2CCCC2=O)c1. The summed E-state index contributed by atoms with van der Waals surface area (Å²) in [4.78, 5) is 27.7. The van der Waals surface area contributed by atoms with E-state index >= 15 is 0 Å². The van der Waals surface area contributed by atoms with Crippen LogP contribution in [0.25, 0.3) is 11.0 Å². The van der Waals surface area contributed by atoms with Gasteiger partial charge in [-0.3, -0.25) is 9.59 Å². The van der Waals surface area contributed by atoms with Crippen molar-refractivity contribution in [3.63, 3.8) is 0 Å². The van der Waals surface area contributed by atoms with E-state index in [4.69, 9.17) is 4.42 Å². The largest absolute Gasteiger partial charge is 0.460 e. The molecule has 0 radical (unpaired) electrons. The summed E-state index contributed by atoms with van der Waals surface area (Å²) < 4.78 is 5.87. The van der Waals surface area contributed by atoms with Crippen molar-refractivity contribution in [1.82, 2.24) is 10.6 Å². The van der Waals surface area contributed by atoms with Crippen molar-refractivity contribution in [2.24, 2.45) is 0 Å². The van der Waals surface area contributed by atoms with E-state index < -0.39 is 12.1 Å². The number of aliphatic hydroxyl groups is 1. The molecule has 2 amide bonds. The number of hydrogen-bond donors (Lipinski definition) is 4. The summed E-state index contributed by atoms with van der Waals surface area (Å²) in [6.07, 6.45) is 0.923. The maximum atomic E-state index is 13.6. The Morgan fingerprint density at radius 2 is 1.85 bits per heavy atom. The molecule has 1 aliphatic heterocycles. The molecule has 1 aliphatic rings. The molecule has 4 N–H and O–H groups in total. The van der Waals surface area contributed by atoms with E-state index in [1.54, 1.807) is 17.0 Å². The van der Waals surface area contributed by atoms with Crippen LogP contribution in [-0.2, 0) is 17.8 Å². The lowest BCUT2D eigenvalue weighted by Gasteiger charge is -2.25. The minimum absolute atomic E-state index is 0.0629. The molecule has 1 fully saturated rings. The van der Waals surface area contributed by atoms with Gasteiger partial charge in [-0.1, -0.05) is 48.5 Å². The highest BCUT2D eigenvalue weighted by molar-refractivity contribution is 6.00. The van der Waals surface area contributed by atoms with Gasteiger partial charge >= 0.3 is 0 Å². The second-order valence-corrected chi connectivity index (χ2v) is 10.2. The molecule has 0 spiro atoms. The topological polar surface area (TPSA) is 107 Å². The Morgan fingerprint density at radius 1 is 1.05 bits per heavy atom. The summed E-state index contributed by atoms with van der Waals surface area (Å²) in [5.41, 5.74) is 3.75. The Hall–Kier alpha value is -4.14. The van der Waals surface area contributed by atoms with Crippen molar-refractivity contribution >= 4 is 34.2 Å². The van der Waals surface area contributed by atoms with Gasteiger partial charge in [-0.25, -0.2) is 0 Å². The average Bonchev–Trinajstić information content (AvgIpc) is 3.58. The van der Waals surface area contributed by atoms with Crippen LogP contribution in [0.5, 0.6) is 0 Å². The molecule has 2 atom stereocenters. The molecule has 8 nitrogen and oxygen atoms in total. The molecule has 1 saturated heterocycles. The van der Waals surface area contributed by atoms with Gasteiger partial charge in [-0.05, 0) is 55.7 Å². The fourth-order valence-electron chi connectivity index (χ4n) is 5.14. The molecule has 1 aromatic heterocycles. The maximum absolute atomic E-state index is 13.6. The molecule has 3 aromatic carbocycles. The summed E-state index contributed by atoms with van der Waals surface area (Å²) in [6.45, 7) is 4.03. The van der Waals surface area contributed by atoms with Gasteiger partial charge in [-0.2, -0.15) is 0 Å². The predicted octanol–water partition coefficient (Wildman–Crippen LogP) is 4.48. The zero-order valence-corrected chi connectivity index (χ0v) is 22.7. The zero-order chi connectivity index (χ0) is 27.9. The van der Waals surface area contributed by atoms with Gasteiger partial charge in [0.15, 0.2) is 0 Å². The summed E-state index contributed by atoms with van der Waals surface area (Å²) in [5.74, 6) is 0.541. The number of rotatable bonds is 12. The number of amides is 2. The number of benzene rings is 3. The van der Waals surface area contributed by atoms with Crippen molar-refractivity contribution in [2.75, 3.05) is 29.9 Å². The summed E-state index contributed by atoms with van der Waals surface area (Å²) in [5, 5.41) is 21.8. The number of aliphatic hydroxyl groups excluding tert-OH is 1. The minimum atomic E-state index is -0.856. The van der Waals surface area contributed by atoms with Crippen molar-refractivity contribution < 1.29 is 19.1 Å². The lowest BCUT2D eigenvalue weighted by atomic mass is 10.00. The monoisotopic (exact) mass is 540 g/mol. The number of carbonyl (C=O) groups is 2. The second kappa shape index (κ2) is 12.8. The molecular weight excluding hydrogens is 504 g/mol. The van der Waals surface area contributed by atoms with E-state index in [2.05, 4.69) is 16.0 Å². The first kappa shape index (κ1) is 27.4. The van der Waals surface area contributed by atoms with Crippen LogP contribution in [0.3, 0.4) is 0 Å². The van der Waals surface area contributed by atoms with Crippen LogP contribution < -0.4 is 20.9 Å². The predicted molar refractivity (Wildman–Crippen MR) is 158 cm³/mol. The smallest absolute Gasteiger partial charge is 0.251 e. The number of nitrogens with zero attached hydrogens (tertiary/aromatic N) is 1. The van der Waals surface area contributed by atoms with Crippen LogP contribution in [-0.4, -0.2) is 48.7 Å². The third-order valence-electron chi connectivity index (χ3n) is 7.15. The van der Waals surface area contributed by atoms with Gasteiger partial charge in [0, 0.05) is 48.4 Å². The van der Waals surface area contributed by atoms with Gasteiger partial charge in [-0.15, -0.1) is 0 Å². The summed E-state index contributed by atoms with van der Waals surface area (Å²) >= 11 is 0. The molecule has 0 aliphatic carbocycles. The van der Waals surface area contributed by atoms with Gasteiger partial charge in [0.25, 0.3) is 5.91 Å². The van der Waals surface area contributed by atoms with Gasteiger partial charge in [0.05, 0.1) is 18.7 Å². The van der Waals surface area contributed by atoms with Crippen LogP contribution in [0.4, 0.5) is 11.4 Å². The van der Waals surface area contributed by atoms with E-state index in [1.807, 2.05) is 73.7 Å². The molecule has 8 heteroatoms. The standard InChI is InChI=1S/C32H36N4O4/c1-2-34-25-16-24(17-26(19-25)36-14-8-13-31(36)38)32(39)35-28(15-22-9-4-3-5-10-22)29(37)21-33-20-27-18-23-11-6-7-12-30(23)40-27/h3-7,9-12,16-19,28-29,33-34,37H,2,8,13-15,20-21H2,1H3,(H,35,39)/t28-,29-/m0/s1. The van der Waals surface area contributed by atoms with Crippen molar-refractivity contribution in [2.45, 2.75) is 44.9 Å². The van der Waals surface area contributed by atoms with Crippen molar-refractivity contribution in [3.8, 4) is 0 Å². The summed E-state index contributed by atoms with van der Waals surface area (Å²) in [6, 6.07) is 24.5. The number of carbonyl (C=O) groups excluding carboxylic acids is 2. The van der Waals surface area contributed by atoms with Crippen LogP contribution in [0, 0.1) is 0 Å². The summed E-state index contributed by atoms with van der Waals surface area (Å²) in [7, 11) is 0. The first-order valence-electron chi connectivity index (χ1n) is 13.9. The number of furan rings is 1. The first-order chi connectivity index (χ1) is 19.5. The highest BCUT2D eigenvalue weighted by atomic mass is 16.3. The molecule has 2 heterocycles.